The lowest BCUT2D eigenvalue weighted by Gasteiger charge is -2.15. The van der Waals surface area contributed by atoms with Crippen LogP contribution < -0.4 is 4.90 Å². The molecule has 0 bridgehead atoms. The summed E-state index contributed by atoms with van der Waals surface area (Å²) in [7, 11) is 2.06. The first-order valence-corrected chi connectivity index (χ1v) is 6.49. The molecular formula is C16H20N2. The Morgan fingerprint density at radius 3 is 2.28 bits per heavy atom. The van der Waals surface area contributed by atoms with E-state index in [1.807, 2.05) is 6.20 Å². The van der Waals surface area contributed by atoms with Crippen molar-refractivity contribution >= 4 is 5.82 Å². The third kappa shape index (κ3) is 3.33. The second-order valence-electron chi connectivity index (χ2n) is 4.52. The van der Waals surface area contributed by atoms with Crippen molar-refractivity contribution in [2.75, 3.05) is 18.5 Å². The molecule has 18 heavy (non-hydrogen) atoms. The number of hydrogen-bond donors (Lipinski definition) is 0. The molecule has 94 valence electrons. The Bertz CT molecular complexity index is 462. The van der Waals surface area contributed by atoms with Crippen molar-refractivity contribution in [1.29, 1.82) is 0 Å². The molecule has 0 atom stereocenters. The first-order chi connectivity index (χ1) is 8.79. The fourth-order valence-electron chi connectivity index (χ4n) is 1.89. The molecule has 0 radical (unpaired) electrons. The van der Waals surface area contributed by atoms with Gasteiger partial charge in [-0.15, -0.1) is 0 Å². The van der Waals surface area contributed by atoms with Crippen LogP contribution in [0.3, 0.4) is 0 Å². The van der Waals surface area contributed by atoms with E-state index in [2.05, 4.69) is 66.3 Å². The number of aromatic nitrogens is 1. The van der Waals surface area contributed by atoms with E-state index >= 15 is 0 Å². The summed E-state index contributed by atoms with van der Waals surface area (Å²) in [6.07, 6.45) is 4.11. The number of anilines is 1. The van der Waals surface area contributed by atoms with Crippen LogP contribution in [0.5, 0.6) is 0 Å². The van der Waals surface area contributed by atoms with Crippen LogP contribution in [-0.2, 0) is 12.8 Å². The molecule has 1 heterocycles. The normalized spacial score (nSPS) is 10.3. The van der Waals surface area contributed by atoms with Gasteiger partial charge in [0.05, 0.1) is 0 Å². The average molecular weight is 240 g/mol. The standard InChI is InChI=1S/C16H20N2/c1-3-18(2)16-12-11-15(13-17-16)10-9-14-7-5-4-6-8-14/h4-8,11-13H,3,9-10H2,1-2H3. The van der Waals surface area contributed by atoms with E-state index in [1.165, 1.54) is 11.1 Å². The number of pyridine rings is 1. The van der Waals surface area contributed by atoms with Gasteiger partial charge in [-0.2, -0.15) is 0 Å². The predicted molar refractivity (Wildman–Crippen MR) is 77.0 cm³/mol. The van der Waals surface area contributed by atoms with Gasteiger partial charge in [0, 0.05) is 19.8 Å². The Hall–Kier alpha value is -1.83. The van der Waals surface area contributed by atoms with E-state index < -0.39 is 0 Å². The average Bonchev–Trinajstić information content (AvgIpc) is 2.46. The molecule has 2 rings (SSSR count). The van der Waals surface area contributed by atoms with Crippen LogP contribution in [-0.4, -0.2) is 18.6 Å². The second kappa shape index (κ2) is 6.20. The highest BCUT2D eigenvalue weighted by Crippen LogP contribution is 2.11. The predicted octanol–water partition coefficient (Wildman–Crippen LogP) is 3.32. The fourth-order valence-corrected chi connectivity index (χ4v) is 1.89. The largest absolute Gasteiger partial charge is 0.360 e. The summed E-state index contributed by atoms with van der Waals surface area (Å²) in [6, 6.07) is 14.9. The van der Waals surface area contributed by atoms with Gasteiger partial charge in [-0.3, -0.25) is 0 Å². The molecule has 0 aliphatic carbocycles. The first kappa shape index (κ1) is 12.6. The number of aryl methyl sites for hydroxylation is 2. The summed E-state index contributed by atoms with van der Waals surface area (Å²) in [6.45, 7) is 3.11. The van der Waals surface area contributed by atoms with Crippen LogP contribution in [0.4, 0.5) is 5.82 Å². The third-order valence-electron chi connectivity index (χ3n) is 3.22. The maximum absolute atomic E-state index is 4.49. The molecular weight excluding hydrogens is 220 g/mol. The first-order valence-electron chi connectivity index (χ1n) is 6.49. The highest BCUT2D eigenvalue weighted by molar-refractivity contribution is 5.38. The van der Waals surface area contributed by atoms with E-state index in [0.717, 1.165) is 25.2 Å². The summed E-state index contributed by atoms with van der Waals surface area (Å²) in [4.78, 5) is 6.63. The van der Waals surface area contributed by atoms with E-state index in [1.54, 1.807) is 0 Å². The molecule has 2 aromatic rings. The molecule has 1 aromatic heterocycles. The fraction of sp³-hybridized carbons (Fsp3) is 0.312. The van der Waals surface area contributed by atoms with Crippen molar-refractivity contribution in [2.45, 2.75) is 19.8 Å². The Labute approximate surface area is 109 Å². The van der Waals surface area contributed by atoms with Crippen molar-refractivity contribution in [2.24, 2.45) is 0 Å². The zero-order chi connectivity index (χ0) is 12.8. The van der Waals surface area contributed by atoms with Crippen molar-refractivity contribution in [1.82, 2.24) is 4.98 Å². The van der Waals surface area contributed by atoms with Crippen LogP contribution in [0.25, 0.3) is 0 Å². The second-order valence-corrected chi connectivity index (χ2v) is 4.52. The topological polar surface area (TPSA) is 16.1 Å². The van der Waals surface area contributed by atoms with Crippen LogP contribution in [0.1, 0.15) is 18.1 Å². The molecule has 0 spiro atoms. The van der Waals surface area contributed by atoms with Crippen molar-refractivity contribution in [3.05, 3.63) is 59.8 Å². The van der Waals surface area contributed by atoms with E-state index in [0.29, 0.717) is 0 Å². The lowest BCUT2D eigenvalue weighted by molar-refractivity contribution is 0.917. The van der Waals surface area contributed by atoms with Gasteiger partial charge in [0.2, 0.25) is 0 Å². The summed E-state index contributed by atoms with van der Waals surface area (Å²) in [5, 5.41) is 0. The molecule has 0 amide bonds. The molecule has 2 nitrogen and oxygen atoms in total. The van der Waals surface area contributed by atoms with Gasteiger partial charge >= 0.3 is 0 Å². The minimum Gasteiger partial charge on any atom is -0.360 e. The molecule has 0 saturated carbocycles. The number of hydrogen-bond acceptors (Lipinski definition) is 2. The van der Waals surface area contributed by atoms with E-state index in [-0.39, 0.29) is 0 Å². The summed E-state index contributed by atoms with van der Waals surface area (Å²) < 4.78 is 0. The monoisotopic (exact) mass is 240 g/mol. The molecule has 0 aliphatic rings. The quantitative estimate of drug-likeness (QED) is 0.797. The van der Waals surface area contributed by atoms with Crippen molar-refractivity contribution in [3.63, 3.8) is 0 Å². The Kier molecular flexibility index (Phi) is 4.35. The molecule has 0 unspecified atom stereocenters. The summed E-state index contributed by atoms with van der Waals surface area (Å²) in [5.41, 5.74) is 2.68. The molecule has 0 aliphatic heterocycles. The van der Waals surface area contributed by atoms with Crippen LogP contribution >= 0.6 is 0 Å². The van der Waals surface area contributed by atoms with Crippen molar-refractivity contribution < 1.29 is 0 Å². The van der Waals surface area contributed by atoms with Crippen LogP contribution in [0.2, 0.25) is 0 Å². The maximum Gasteiger partial charge on any atom is 0.128 e. The zero-order valence-corrected chi connectivity index (χ0v) is 11.1. The van der Waals surface area contributed by atoms with Gasteiger partial charge < -0.3 is 4.90 Å². The summed E-state index contributed by atoms with van der Waals surface area (Å²) in [5.74, 6) is 1.04. The Morgan fingerprint density at radius 2 is 1.67 bits per heavy atom. The number of nitrogens with zero attached hydrogens (tertiary/aromatic N) is 2. The molecule has 0 saturated heterocycles. The SMILES string of the molecule is CCN(C)c1ccc(CCc2ccccc2)cn1. The van der Waals surface area contributed by atoms with Gasteiger partial charge in [-0.25, -0.2) is 4.98 Å². The van der Waals surface area contributed by atoms with Crippen LogP contribution in [0, 0.1) is 0 Å². The lowest BCUT2D eigenvalue weighted by atomic mass is 10.1. The zero-order valence-electron chi connectivity index (χ0n) is 11.1. The third-order valence-corrected chi connectivity index (χ3v) is 3.22. The Balaban J connectivity index is 1.94. The lowest BCUT2D eigenvalue weighted by Crippen LogP contribution is -2.16. The molecule has 0 N–H and O–H groups in total. The molecule has 1 aromatic carbocycles. The summed E-state index contributed by atoms with van der Waals surface area (Å²) >= 11 is 0. The highest BCUT2D eigenvalue weighted by Gasteiger charge is 2.00. The molecule has 0 fully saturated rings. The van der Waals surface area contributed by atoms with E-state index in [4.69, 9.17) is 0 Å². The minimum atomic E-state index is 0.983. The van der Waals surface area contributed by atoms with Gasteiger partial charge in [0.25, 0.3) is 0 Å². The van der Waals surface area contributed by atoms with Gasteiger partial charge in [-0.05, 0) is 37.0 Å². The van der Waals surface area contributed by atoms with Gasteiger partial charge in [-0.1, -0.05) is 36.4 Å². The van der Waals surface area contributed by atoms with Gasteiger partial charge in [0.15, 0.2) is 0 Å². The number of benzene rings is 1. The minimum absolute atomic E-state index is 0.983. The van der Waals surface area contributed by atoms with E-state index in [9.17, 15) is 0 Å². The molecule has 2 heteroatoms. The number of rotatable bonds is 5. The highest BCUT2D eigenvalue weighted by atomic mass is 15.1. The van der Waals surface area contributed by atoms with Crippen LogP contribution in [0.15, 0.2) is 48.7 Å². The van der Waals surface area contributed by atoms with Crippen molar-refractivity contribution in [3.8, 4) is 0 Å². The smallest absolute Gasteiger partial charge is 0.128 e. The Morgan fingerprint density at radius 1 is 0.944 bits per heavy atom. The van der Waals surface area contributed by atoms with Gasteiger partial charge in [0.1, 0.15) is 5.82 Å². The maximum atomic E-state index is 4.49.